The fraction of sp³-hybridized carbons (Fsp3) is 0.800. The molecule has 15 heavy (non-hydrogen) atoms. The van der Waals surface area contributed by atoms with Crippen molar-refractivity contribution in [3.63, 3.8) is 0 Å². The van der Waals surface area contributed by atoms with Crippen LogP contribution in [0.15, 0.2) is 0 Å². The van der Waals surface area contributed by atoms with Crippen molar-refractivity contribution >= 4 is 23.2 Å². The summed E-state index contributed by atoms with van der Waals surface area (Å²) in [5.41, 5.74) is 10.4. The molecule has 0 aromatic carbocycles. The summed E-state index contributed by atoms with van der Waals surface area (Å²) < 4.78 is 0. The third-order valence-corrected chi connectivity index (χ3v) is 3.23. The fourth-order valence-corrected chi connectivity index (χ4v) is 2.24. The average molecular weight is 229 g/mol. The summed E-state index contributed by atoms with van der Waals surface area (Å²) in [4.78, 5) is 11.8. The summed E-state index contributed by atoms with van der Waals surface area (Å²) in [5.74, 6) is 0.0422. The molecule has 86 valence electrons. The van der Waals surface area contributed by atoms with Crippen LogP contribution in [0.1, 0.15) is 39.5 Å². The molecule has 0 aromatic rings. The number of amides is 1. The van der Waals surface area contributed by atoms with E-state index < -0.39 is 0 Å². The molecule has 0 saturated heterocycles. The highest BCUT2D eigenvalue weighted by Crippen LogP contribution is 2.40. The second kappa shape index (κ2) is 4.79. The Morgan fingerprint density at radius 2 is 2.07 bits per heavy atom. The Balaban J connectivity index is 2.53. The van der Waals surface area contributed by atoms with Crippen molar-refractivity contribution < 1.29 is 4.79 Å². The van der Waals surface area contributed by atoms with Crippen LogP contribution in [0.25, 0.3) is 0 Å². The first kappa shape index (κ1) is 12.2. The maximum atomic E-state index is 11.8. The van der Waals surface area contributed by atoms with Gasteiger partial charge in [0, 0.05) is 5.92 Å². The molecule has 1 aliphatic rings. The van der Waals surface area contributed by atoms with E-state index in [0.717, 1.165) is 19.3 Å². The number of hydrogen-bond acceptors (Lipinski definition) is 2. The van der Waals surface area contributed by atoms with Gasteiger partial charge >= 0.3 is 0 Å². The number of nitrogens with one attached hydrogen (secondary N) is 2. The predicted molar refractivity (Wildman–Crippen MR) is 63.8 cm³/mol. The fourth-order valence-electron chi connectivity index (χ4n) is 2.19. The lowest BCUT2D eigenvalue weighted by Gasteiger charge is -2.37. The number of hydrazine groups is 1. The van der Waals surface area contributed by atoms with Crippen molar-refractivity contribution in [1.82, 2.24) is 10.9 Å². The molecule has 0 spiro atoms. The van der Waals surface area contributed by atoms with E-state index in [0.29, 0.717) is 0 Å². The molecule has 1 saturated carbocycles. The van der Waals surface area contributed by atoms with E-state index in [9.17, 15) is 4.79 Å². The van der Waals surface area contributed by atoms with Crippen molar-refractivity contribution in [1.29, 1.82) is 0 Å². The summed E-state index contributed by atoms with van der Waals surface area (Å²) >= 11 is 4.62. The molecule has 1 amide bonds. The predicted octanol–water partition coefficient (Wildman–Crippen LogP) is 1.07. The van der Waals surface area contributed by atoms with Gasteiger partial charge in [0.05, 0.1) is 0 Å². The second-order valence-corrected chi connectivity index (χ2v) is 5.21. The number of carbonyl (C=O) groups excluding carboxylic acids is 1. The number of rotatable bonds is 1. The van der Waals surface area contributed by atoms with Crippen molar-refractivity contribution in [2.75, 3.05) is 0 Å². The summed E-state index contributed by atoms with van der Waals surface area (Å²) in [5, 5.41) is 0.0944. The van der Waals surface area contributed by atoms with Gasteiger partial charge in [0.2, 0.25) is 5.91 Å². The molecule has 5 heteroatoms. The molecule has 0 bridgehead atoms. The van der Waals surface area contributed by atoms with Crippen LogP contribution in [0.4, 0.5) is 0 Å². The molecular weight excluding hydrogens is 210 g/mol. The van der Waals surface area contributed by atoms with Gasteiger partial charge in [0.1, 0.15) is 0 Å². The molecule has 1 aliphatic carbocycles. The molecule has 1 rings (SSSR count). The number of nitrogens with two attached hydrogens (primary N) is 1. The lowest BCUT2D eigenvalue weighted by atomic mass is 9.68. The Labute approximate surface area is 95.9 Å². The largest absolute Gasteiger partial charge is 0.375 e. The van der Waals surface area contributed by atoms with Crippen molar-refractivity contribution in [2.24, 2.45) is 17.1 Å². The van der Waals surface area contributed by atoms with Gasteiger partial charge < -0.3 is 5.73 Å². The summed E-state index contributed by atoms with van der Waals surface area (Å²) in [6, 6.07) is 0. The first-order valence-corrected chi connectivity index (χ1v) is 5.69. The lowest BCUT2D eigenvalue weighted by molar-refractivity contribution is -0.130. The van der Waals surface area contributed by atoms with Crippen molar-refractivity contribution in [3.8, 4) is 0 Å². The first-order chi connectivity index (χ1) is 6.93. The molecule has 1 atom stereocenters. The Bertz CT molecular complexity index is 265. The normalized spacial score (nSPS) is 24.3. The van der Waals surface area contributed by atoms with Gasteiger partial charge in [0.15, 0.2) is 5.11 Å². The Morgan fingerprint density at radius 3 is 2.60 bits per heavy atom. The van der Waals surface area contributed by atoms with Crippen LogP contribution < -0.4 is 16.6 Å². The minimum atomic E-state index is -0.00694. The van der Waals surface area contributed by atoms with Gasteiger partial charge in [-0.3, -0.25) is 15.6 Å². The second-order valence-electron chi connectivity index (χ2n) is 4.77. The highest BCUT2D eigenvalue weighted by molar-refractivity contribution is 7.80. The monoisotopic (exact) mass is 229 g/mol. The van der Waals surface area contributed by atoms with Gasteiger partial charge in [-0.1, -0.05) is 26.7 Å². The first-order valence-electron chi connectivity index (χ1n) is 5.29. The number of carbonyl (C=O) groups is 1. The van der Waals surface area contributed by atoms with Crippen LogP contribution in [-0.2, 0) is 4.79 Å². The van der Waals surface area contributed by atoms with E-state index in [1.807, 2.05) is 0 Å². The van der Waals surface area contributed by atoms with Gasteiger partial charge in [-0.05, 0) is 30.5 Å². The minimum Gasteiger partial charge on any atom is -0.375 e. The van der Waals surface area contributed by atoms with Crippen molar-refractivity contribution in [3.05, 3.63) is 0 Å². The smallest absolute Gasteiger partial charge is 0.242 e. The van der Waals surface area contributed by atoms with E-state index in [-0.39, 0.29) is 22.4 Å². The average Bonchev–Trinajstić information content (AvgIpc) is 2.13. The van der Waals surface area contributed by atoms with E-state index in [2.05, 4.69) is 36.9 Å². The van der Waals surface area contributed by atoms with Gasteiger partial charge in [-0.15, -0.1) is 0 Å². The maximum absolute atomic E-state index is 11.8. The zero-order valence-corrected chi connectivity index (χ0v) is 10.1. The third kappa shape index (κ3) is 3.34. The summed E-state index contributed by atoms with van der Waals surface area (Å²) in [7, 11) is 0. The molecular formula is C10H19N3OS. The molecule has 1 unspecified atom stereocenters. The van der Waals surface area contributed by atoms with Crippen LogP contribution in [-0.4, -0.2) is 11.0 Å². The molecule has 0 aliphatic heterocycles. The summed E-state index contributed by atoms with van der Waals surface area (Å²) in [6.45, 7) is 4.27. The quantitative estimate of drug-likeness (QED) is 0.465. The lowest BCUT2D eigenvalue weighted by Crippen LogP contribution is -2.50. The summed E-state index contributed by atoms with van der Waals surface area (Å²) in [6.07, 6.45) is 4.37. The molecule has 4 nitrogen and oxygen atoms in total. The zero-order valence-electron chi connectivity index (χ0n) is 9.30. The molecule has 0 heterocycles. The van der Waals surface area contributed by atoms with Crippen LogP contribution >= 0.6 is 12.2 Å². The number of hydrogen-bond donors (Lipinski definition) is 3. The molecule has 0 radical (unpaired) electrons. The van der Waals surface area contributed by atoms with E-state index in [1.54, 1.807) is 0 Å². The van der Waals surface area contributed by atoms with Crippen LogP contribution in [0.2, 0.25) is 0 Å². The maximum Gasteiger partial charge on any atom is 0.242 e. The third-order valence-electron chi connectivity index (χ3n) is 3.13. The number of thiocarbonyl (C=S) groups is 1. The highest BCUT2D eigenvalue weighted by atomic mass is 32.1. The molecule has 4 N–H and O–H groups in total. The van der Waals surface area contributed by atoms with Crippen LogP contribution in [0.5, 0.6) is 0 Å². The highest BCUT2D eigenvalue weighted by Gasteiger charge is 2.37. The SMILES string of the molecule is CC1(C)CCCCC1C(=O)NNC(N)=S. The minimum absolute atomic E-state index is 0.00694. The van der Waals surface area contributed by atoms with Crippen LogP contribution in [0, 0.1) is 11.3 Å². The zero-order chi connectivity index (χ0) is 11.5. The van der Waals surface area contributed by atoms with Crippen LogP contribution in [0.3, 0.4) is 0 Å². The topological polar surface area (TPSA) is 67.2 Å². The standard InChI is InChI=1S/C10H19N3OS/c1-10(2)6-4-3-5-7(10)8(14)12-13-9(11)15/h7H,3-6H2,1-2H3,(H,12,14)(H3,11,13,15). The Kier molecular flexibility index (Phi) is 3.90. The Morgan fingerprint density at radius 1 is 1.40 bits per heavy atom. The molecule has 1 fully saturated rings. The van der Waals surface area contributed by atoms with Gasteiger partial charge in [-0.25, -0.2) is 0 Å². The Hall–Kier alpha value is -0.840. The van der Waals surface area contributed by atoms with E-state index in [4.69, 9.17) is 5.73 Å². The molecule has 0 aromatic heterocycles. The van der Waals surface area contributed by atoms with Gasteiger partial charge in [-0.2, -0.15) is 0 Å². The van der Waals surface area contributed by atoms with E-state index >= 15 is 0 Å². The van der Waals surface area contributed by atoms with Crippen molar-refractivity contribution in [2.45, 2.75) is 39.5 Å². The van der Waals surface area contributed by atoms with E-state index in [1.165, 1.54) is 6.42 Å². The van der Waals surface area contributed by atoms with Gasteiger partial charge in [0.25, 0.3) is 0 Å².